The van der Waals surface area contributed by atoms with Crippen molar-refractivity contribution in [2.24, 2.45) is 5.92 Å². The minimum atomic E-state index is -3.50. The number of amides is 1. The van der Waals surface area contributed by atoms with Crippen LogP contribution in [-0.4, -0.2) is 31.7 Å². The summed E-state index contributed by atoms with van der Waals surface area (Å²) in [5.74, 6) is -0.186. The molecule has 1 fully saturated rings. The van der Waals surface area contributed by atoms with Crippen molar-refractivity contribution in [2.75, 3.05) is 18.4 Å². The molecule has 0 unspecified atom stereocenters. The molecule has 0 saturated carbocycles. The number of nitrogens with zero attached hydrogens (tertiary/aromatic N) is 1. The van der Waals surface area contributed by atoms with E-state index in [0.29, 0.717) is 30.8 Å². The van der Waals surface area contributed by atoms with E-state index in [2.05, 4.69) is 5.32 Å². The van der Waals surface area contributed by atoms with Gasteiger partial charge in [0, 0.05) is 24.7 Å². The van der Waals surface area contributed by atoms with Gasteiger partial charge in [-0.05, 0) is 80.8 Å². The molecule has 2 aromatic rings. The Balaban J connectivity index is 1.40. The topological polar surface area (TPSA) is 66.5 Å². The van der Waals surface area contributed by atoms with Gasteiger partial charge in [-0.25, -0.2) is 8.42 Å². The van der Waals surface area contributed by atoms with Gasteiger partial charge in [-0.15, -0.1) is 0 Å². The molecular weight excluding hydrogens is 384 g/mol. The molecule has 1 heterocycles. The fourth-order valence-electron chi connectivity index (χ4n) is 4.40. The maximum Gasteiger partial charge on any atom is 0.243 e. The maximum absolute atomic E-state index is 13.1. The number of nitrogens with one attached hydrogen (secondary N) is 1. The third-order valence-electron chi connectivity index (χ3n) is 6.17. The van der Waals surface area contributed by atoms with Crippen molar-refractivity contribution < 1.29 is 13.2 Å². The van der Waals surface area contributed by atoms with Crippen LogP contribution in [0.3, 0.4) is 0 Å². The second kappa shape index (κ2) is 7.92. The number of benzene rings is 2. The predicted octanol–water partition coefficient (Wildman–Crippen LogP) is 3.83. The van der Waals surface area contributed by atoms with Crippen molar-refractivity contribution in [2.45, 2.75) is 50.8 Å². The molecule has 1 amide bonds. The number of piperidine rings is 1. The smallest absolute Gasteiger partial charge is 0.243 e. The molecule has 4 rings (SSSR count). The van der Waals surface area contributed by atoms with Crippen LogP contribution >= 0.6 is 0 Å². The van der Waals surface area contributed by atoms with Crippen LogP contribution in [0, 0.1) is 19.8 Å². The zero-order valence-electron chi connectivity index (χ0n) is 17.1. The fourth-order valence-corrected chi connectivity index (χ4v) is 5.93. The Bertz CT molecular complexity index is 1040. The third-order valence-corrected chi connectivity index (χ3v) is 8.07. The number of sulfonamides is 1. The van der Waals surface area contributed by atoms with E-state index in [1.165, 1.54) is 9.87 Å². The summed E-state index contributed by atoms with van der Waals surface area (Å²) in [6.07, 6.45) is 4.18. The van der Waals surface area contributed by atoms with Crippen molar-refractivity contribution in [1.82, 2.24) is 4.31 Å². The van der Waals surface area contributed by atoms with E-state index < -0.39 is 10.0 Å². The molecule has 2 aromatic carbocycles. The lowest BCUT2D eigenvalue weighted by molar-refractivity contribution is -0.120. The summed E-state index contributed by atoms with van der Waals surface area (Å²) in [5.41, 5.74) is 5.45. The molecule has 0 radical (unpaired) electrons. The molecule has 6 heteroatoms. The summed E-state index contributed by atoms with van der Waals surface area (Å²) in [7, 11) is -3.50. The lowest BCUT2D eigenvalue weighted by Gasteiger charge is -2.30. The van der Waals surface area contributed by atoms with E-state index in [1.807, 2.05) is 44.2 Å². The van der Waals surface area contributed by atoms with Gasteiger partial charge in [-0.2, -0.15) is 4.31 Å². The molecule has 1 saturated heterocycles. The lowest BCUT2D eigenvalue weighted by atomic mass is 9.97. The summed E-state index contributed by atoms with van der Waals surface area (Å²) in [4.78, 5) is 13.1. The number of rotatable bonds is 4. The Kier molecular flexibility index (Phi) is 5.49. The van der Waals surface area contributed by atoms with Crippen molar-refractivity contribution in [3.05, 3.63) is 58.7 Å². The van der Waals surface area contributed by atoms with Crippen LogP contribution in [0.1, 0.15) is 41.5 Å². The van der Waals surface area contributed by atoms with E-state index in [0.717, 1.165) is 41.6 Å². The third kappa shape index (κ3) is 4.09. The highest BCUT2D eigenvalue weighted by molar-refractivity contribution is 7.89. The predicted molar refractivity (Wildman–Crippen MR) is 114 cm³/mol. The highest BCUT2D eigenvalue weighted by Gasteiger charge is 2.32. The second-order valence-electron chi connectivity index (χ2n) is 8.27. The molecule has 5 nitrogen and oxygen atoms in total. The first kappa shape index (κ1) is 20.1. The van der Waals surface area contributed by atoms with E-state index in [9.17, 15) is 13.2 Å². The molecule has 0 spiro atoms. The van der Waals surface area contributed by atoms with E-state index in [1.54, 1.807) is 6.07 Å². The van der Waals surface area contributed by atoms with E-state index in [-0.39, 0.29) is 11.8 Å². The first-order valence-corrected chi connectivity index (χ1v) is 11.8. The Labute approximate surface area is 173 Å². The van der Waals surface area contributed by atoms with Crippen LogP contribution in [0.25, 0.3) is 0 Å². The number of anilines is 1. The van der Waals surface area contributed by atoms with Crippen LogP contribution in [0.5, 0.6) is 0 Å². The largest absolute Gasteiger partial charge is 0.326 e. The molecule has 1 aliphatic heterocycles. The number of carbonyl (C=O) groups excluding carboxylic acids is 1. The molecule has 0 atom stereocenters. The zero-order chi connectivity index (χ0) is 20.6. The standard InChI is InChI=1S/C23H28N2O3S/c1-16-6-9-22(17(2)14-16)24-23(26)19-10-12-25(13-11-19)29(27,28)21-8-7-18-4-3-5-20(18)15-21/h6-9,14-15,19H,3-5,10-13H2,1-2H3,(H,24,26). The molecular formula is C23H28N2O3S. The summed E-state index contributed by atoms with van der Waals surface area (Å²) >= 11 is 0. The van der Waals surface area contributed by atoms with Gasteiger partial charge in [-0.1, -0.05) is 23.8 Å². The summed E-state index contributed by atoms with van der Waals surface area (Å²) in [6.45, 7) is 4.76. The SMILES string of the molecule is Cc1ccc(NC(=O)C2CCN(S(=O)(=O)c3ccc4c(c3)CCC4)CC2)c(C)c1. The van der Waals surface area contributed by atoms with Gasteiger partial charge in [0.2, 0.25) is 15.9 Å². The number of hydrogen-bond acceptors (Lipinski definition) is 3. The second-order valence-corrected chi connectivity index (χ2v) is 10.2. The molecule has 0 aromatic heterocycles. The summed E-state index contributed by atoms with van der Waals surface area (Å²) in [6, 6.07) is 11.5. The highest BCUT2D eigenvalue weighted by Crippen LogP contribution is 2.29. The highest BCUT2D eigenvalue weighted by atomic mass is 32.2. The number of aryl methyl sites for hydroxylation is 4. The van der Waals surface area contributed by atoms with Gasteiger partial charge in [0.15, 0.2) is 0 Å². The Morgan fingerprint density at radius 1 is 1.00 bits per heavy atom. The normalized spacial score (nSPS) is 17.9. The van der Waals surface area contributed by atoms with Crippen LogP contribution in [-0.2, 0) is 27.7 Å². The summed E-state index contributed by atoms with van der Waals surface area (Å²) in [5, 5.41) is 3.01. The maximum atomic E-state index is 13.1. The minimum absolute atomic E-state index is 0.0217. The first-order valence-electron chi connectivity index (χ1n) is 10.3. The average molecular weight is 413 g/mol. The average Bonchev–Trinajstić information content (AvgIpc) is 3.18. The fraction of sp³-hybridized carbons (Fsp3) is 0.435. The van der Waals surface area contributed by atoms with Crippen LogP contribution in [0.15, 0.2) is 41.3 Å². The first-order chi connectivity index (χ1) is 13.8. The Morgan fingerprint density at radius 2 is 1.72 bits per heavy atom. The molecule has 154 valence electrons. The lowest BCUT2D eigenvalue weighted by Crippen LogP contribution is -2.41. The van der Waals surface area contributed by atoms with Crippen molar-refractivity contribution in [1.29, 1.82) is 0 Å². The zero-order valence-corrected chi connectivity index (χ0v) is 17.9. The molecule has 1 N–H and O–H groups in total. The molecule has 1 aliphatic carbocycles. The Hall–Kier alpha value is -2.18. The van der Waals surface area contributed by atoms with Gasteiger partial charge in [-0.3, -0.25) is 4.79 Å². The Morgan fingerprint density at radius 3 is 2.45 bits per heavy atom. The van der Waals surface area contributed by atoms with Crippen molar-refractivity contribution in [3.8, 4) is 0 Å². The van der Waals surface area contributed by atoms with Crippen LogP contribution in [0.4, 0.5) is 5.69 Å². The van der Waals surface area contributed by atoms with E-state index >= 15 is 0 Å². The van der Waals surface area contributed by atoms with Crippen molar-refractivity contribution in [3.63, 3.8) is 0 Å². The van der Waals surface area contributed by atoms with Gasteiger partial charge in [0.25, 0.3) is 0 Å². The number of fused-ring (bicyclic) bond motifs is 1. The van der Waals surface area contributed by atoms with Gasteiger partial charge in [0.05, 0.1) is 4.90 Å². The molecule has 0 bridgehead atoms. The minimum Gasteiger partial charge on any atom is -0.326 e. The van der Waals surface area contributed by atoms with Gasteiger partial charge >= 0.3 is 0 Å². The molecule has 29 heavy (non-hydrogen) atoms. The summed E-state index contributed by atoms with van der Waals surface area (Å²) < 4.78 is 27.6. The van der Waals surface area contributed by atoms with Gasteiger partial charge in [0.1, 0.15) is 0 Å². The van der Waals surface area contributed by atoms with Crippen LogP contribution in [0.2, 0.25) is 0 Å². The quantitative estimate of drug-likeness (QED) is 0.830. The monoisotopic (exact) mass is 412 g/mol. The van der Waals surface area contributed by atoms with Crippen LogP contribution < -0.4 is 5.32 Å². The van der Waals surface area contributed by atoms with Gasteiger partial charge < -0.3 is 5.32 Å². The van der Waals surface area contributed by atoms with Crippen molar-refractivity contribution >= 4 is 21.6 Å². The van der Waals surface area contributed by atoms with E-state index in [4.69, 9.17) is 0 Å². The number of hydrogen-bond donors (Lipinski definition) is 1. The molecule has 2 aliphatic rings. The number of carbonyl (C=O) groups is 1.